The molecule has 0 saturated heterocycles. The third-order valence-corrected chi connectivity index (χ3v) is 5.18. The zero-order chi connectivity index (χ0) is 17.6. The monoisotopic (exact) mass is 343 g/mol. The number of hydrogen-bond donors (Lipinski definition) is 2. The van der Waals surface area contributed by atoms with Crippen LogP contribution in [0.3, 0.4) is 0 Å². The molecule has 3 heterocycles. The fourth-order valence-corrected chi connectivity index (χ4v) is 4.05. The minimum absolute atomic E-state index is 0.0123. The third-order valence-electron chi connectivity index (χ3n) is 5.18. The molecule has 1 aliphatic heterocycles. The normalized spacial score (nSPS) is 24.3. The summed E-state index contributed by atoms with van der Waals surface area (Å²) in [5.74, 6) is 2.90. The topological polar surface area (TPSA) is 85.0 Å². The highest BCUT2D eigenvalue weighted by Crippen LogP contribution is 2.41. The number of urea groups is 1. The number of nitrogens with zero attached hydrogens (tertiary/aromatic N) is 3. The number of amides is 2. The molecule has 1 aliphatic carbocycles. The zero-order valence-electron chi connectivity index (χ0n) is 15.0. The van der Waals surface area contributed by atoms with E-state index in [2.05, 4.69) is 40.6 Å². The highest BCUT2D eigenvalue weighted by molar-refractivity contribution is 5.75. The molecule has 7 nitrogen and oxygen atoms in total. The Bertz CT molecular complexity index is 791. The molecular formula is C18H25N5O2. The number of aryl methyl sites for hydroxylation is 2. The molecule has 4 rings (SSSR count). The van der Waals surface area contributed by atoms with E-state index in [0.717, 1.165) is 48.6 Å². The van der Waals surface area contributed by atoms with Crippen LogP contribution < -0.4 is 10.6 Å². The number of hydrogen-bond acceptors (Lipinski definition) is 4. The van der Waals surface area contributed by atoms with Crippen LogP contribution >= 0.6 is 0 Å². The lowest BCUT2D eigenvalue weighted by atomic mass is 9.75. The van der Waals surface area contributed by atoms with Gasteiger partial charge < -0.3 is 15.1 Å². The highest BCUT2D eigenvalue weighted by Gasteiger charge is 2.36. The number of aromatic nitrogens is 3. The van der Waals surface area contributed by atoms with Crippen LogP contribution in [0.25, 0.3) is 0 Å². The van der Waals surface area contributed by atoms with E-state index in [1.54, 1.807) is 6.33 Å². The molecule has 0 radical (unpaired) electrons. The van der Waals surface area contributed by atoms with Crippen LogP contribution in [0.5, 0.6) is 0 Å². The van der Waals surface area contributed by atoms with Crippen LogP contribution in [0, 0.1) is 12.3 Å². The molecule has 0 unspecified atom stereocenters. The number of carbonyl (C=O) groups excluding carboxylic acids is 1. The Morgan fingerprint density at radius 1 is 1.40 bits per heavy atom. The van der Waals surface area contributed by atoms with Crippen LogP contribution in [0.1, 0.15) is 55.6 Å². The van der Waals surface area contributed by atoms with E-state index in [-0.39, 0.29) is 23.5 Å². The summed E-state index contributed by atoms with van der Waals surface area (Å²) < 4.78 is 7.71. The van der Waals surface area contributed by atoms with E-state index in [1.807, 2.05) is 11.6 Å². The second-order valence-electron chi connectivity index (χ2n) is 8.05. The molecule has 0 aromatic carbocycles. The van der Waals surface area contributed by atoms with E-state index < -0.39 is 0 Å². The fraction of sp³-hybridized carbons (Fsp3) is 0.611. The van der Waals surface area contributed by atoms with Gasteiger partial charge in [-0.2, -0.15) is 5.10 Å². The Hall–Kier alpha value is -2.31. The Morgan fingerprint density at radius 2 is 2.24 bits per heavy atom. The average Bonchev–Trinajstić information content (AvgIpc) is 3.11. The predicted octanol–water partition coefficient (Wildman–Crippen LogP) is 2.51. The van der Waals surface area contributed by atoms with Gasteiger partial charge in [-0.1, -0.05) is 13.8 Å². The summed E-state index contributed by atoms with van der Waals surface area (Å²) in [6.07, 6.45) is 5.12. The first kappa shape index (κ1) is 16.2. The maximum absolute atomic E-state index is 12.6. The molecule has 0 spiro atoms. The van der Waals surface area contributed by atoms with Crippen molar-refractivity contribution in [2.24, 2.45) is 5.41 Å². The summed E-state index contributed by atoms with van der Waals surface area (Å²) in [7, 11) is 0. The standard InChI is InChI=1S/C18H25N5O2/c1-11-6-13-14(7-18(2,3)8-15(13)25-11)22-17(24)21-12-4-5-16-19-10-20-23(16)9-12/h6,10,12,14H,4-5,7-9H2,1-3H3,(H2,21,22,24)/t12-,14+/m1/s1. The lowest BCUT2D eigenvalue weighted by molar-refractivity contribution is 0.209. The van der Waals surface area contributed by atoms with Gasteiger partial charge in [-0.05, 0) is 31.2 Å². The molecule has 25 heavy (non-hydrogen) atoms. The lowest BCUT2D eigenvalue weighted by Gasteiger charge is -2.35. The number of furan rings is 1. The Balaban J connectivity index is 1.42. The van der Waals surface area contributed by atoms with Gasteiger partial charge in [0.15, 0.2) is 0 Å². The van der Waals surface area contributed by atoms with Crippen molar-refractivity contribution in [1.82, 2.24) is 25.4 Å². The minimum Gasteiger partial charge on any atom is -0.466 e. The zero-order valence-corrected chi connectivity index (χ0v) is 15.0. The van der Waals surface area contributed by atoms with Gasteiger partial charge in [0.05, 0.1) is 18.6 Å². The van der Waals surface area contributed by atoms with Crippen molar-refractivity contribution in [1.29, 1.82) is 0 Å². The summed E-state index contributed by atoms with van der Waals surface area (Å²) in [5, 5.41) is 10.4. The van der Waals surface area contributed by atoms with Crippen LogP contribution in [0.2, 0.25) is 0 Å². The predicted molar refractivity (Wildman–Crippen MR) is 92.1 cm³/mol. The molecule has 7 heteroatoms. The first-order chi connectivity index (χ1) is 11.9. The Labute approximate surface area is 147 Å². The number of rotatable bonds is 2. The fourth-order valence-electron chi connectivity index (χ4n) is 4.05. The number of fused-ring (bicyclic) bond motifs is 2. The van der Waals surface area contributed by atoms with Crippen molar-refractivity contribution >= 4 is 6.03 Å². The molecular weight excluding hydrogens is 318 g/mol. The van der Waals surface area contributed by atoms with Crippen molar-refractivity contribution in [2.45, 2.75) is 65.1 Å². The smallest absolute Gasteiger partial charge is 0.315 e. The summed E-state index contributed by atoms with van der Waals surface area (Å²) in [6, 6.07) is 2.00. The second-order valence-corrected chi connectivity index (χ2v) is 8.05. The molecule has 2 aromatic rings. The van der Waals surface area contributed by atoms with Gasteiger partial charge in [0.25, 0.3) is 0 Å². The SMILES string of the molecule is Cc1cc2c(o1)CC(C)(C)C[C@@H]2NC(=O)N[C@@H]1CCc2ncnn2C1. The van der Waals surface area contributed by atoms with Crippen LogP contribution in [-0.2, 0) is 19.4 Å². The molecule has 2 N–H and O–H groups in total. The van der Waals surface area contributed by atoms with Crippen molar-refractivity contribution in [3.8, 4) is 0 Å². The molecule has 2 aromatic heterocycles. The van der Waals surface area contributed by atoms with E-state index in [1.165, 1.54) is 0 Å². The summed E-state index contributed by atoms with van der Waals surface area (Å²) in [6.45, 7) is 7.07. The summed E-state index contributed by atoms with van der Waals surface area (Å²) >= 11 is 0. The van der Waals surface area contributed by atoms with E-state index in [4.69, 9.17) is 4.42 Å². The van der Waals surface area contributed by atoms with Crippen LogP contribution in [-0.4, -0.2) is 26.8 Å². The van der Waals surface area contributed by atoms with Gasteiger partial charge in [-0.25, -0.2) is 14.5 Å². The van der Waals surface area contributed by atoms with E-state index >= 15 is 0 Å². The van der Waals surface area contributed by atoms with Crippen LogP contribution in [0.4, 0.5) is 4.79 Å². The molecule has 0 fully saturated rings. The van der Waals surface area contributed by atoms with Crippen molar-refractivity contribution < 1.29 is 9.21 Å². The van der Waals surface area contributed by atoms with Crippen molar-refractivity contribution in [2.75, 3.05) is 0 Å². The molecule has 0 bridgehead atoms. The summed E-state index contributed by atoms with van der Waals surface area (Å²) in [5.41, 5.74) is 1.23. The largest absolute Gasteiger partial charge is 0.466 e. The second kappa shape index (κ2) is 5.89. The van der Waals surface area contributed by atoms with Crippen molar-refractivity contribution in [3.63, 3.8) is 0 Å². The van der Waals surface area contributed by atoms with Gasteiger partial charge in [0.2, 0.25) is 0 Å². The first-order valence-electron chi connectivity index (χ1n) is 8.92. The summed E-state index contributed by atoms with van der Waals surface area (Å²) in [4.78, 5) is 16.8. The lowest BCUT2D eigenvalue weighted by Crippen LogP contribution is -2.48. The van der Waals surface area contributed by atoms with Crippen molar-refractivity contribution in [3.05, 3.63) is 35.3 Å². The minimum atomic E-state index is -0.124. The van der Waals surface area contributed by atoms with Gasteiger partial charge >= 0.3 is 6.03 Å². The maximum Gasteiger partial charge on any atom is 0.315 e. The quantitative estimate of drug-likeness (QED) is 0.877. The molecule has 2 atom stereocenters. The third kappa shape index (κ3) is 3.27. The van der Waals surface area contributed by atoms with E-state index in [0.29, 0.717) is 6.54 Å². The van der Waals surface area contributed by atoms with Gasteiger partial charge in [0, 0.05) is 18.4 Å². The number of nitrogens with one attached hydrogen (secondary N) is 2. The Morgan fingerprint density at radius 3 is 3.08 bits per heavy atom. The van der Waals surface area contributed by atoms with Crippen LogP contribution in [0.15, 0.2) is 16.8 Å². The average molecular weight is 343 g/mol. The number of carbonyl (C=O) groups is 1. The molecule has 2 aliphatic rings. The molecule has 134 valence electrons. The highest BCUT2D eigenvalue weighted by atomic mass is 16.3. The molecule has 2 amide bonds. The maximum atomic E-state index is 12.6. The van der Waals surface area contributed by atoms with Gasteiger partial charge in [-0.3, -0.25) is 0 Å². The molecule has 0 saturated carbocycles. The van der Waals surface area contributed by atoms with E-state index in [9.17, 15) is 4.79 Å². The van der Waals surface area contributed by atoms with Gasteiger partial charge in [-0.15, -0.1) is 0 Å². The first-order valence-corrected chi connectivity index (χ1v) is 8.92. The van der Waals surface area contributed by atoms with Gasteiger partial charge in [0.1, 0.15) is 23.7 Å². The Kier molecular flexibility index (Phi) is 3.81.